The number of likely N-dealkylation sites (N-methyl/N-ethyl adjacent to an activating group) is 1. The molecular formula is C25H46IN5. The fourth-order valence-electron chi connectivity index (χ4n) is 3.81. The van der Waals surface area contributed by atoms with Crippen LogP contribution in [0.2, 0.25) is 0 Å². The molecule has 1 saturated heterocycles. The fraction of sp³-hybridized carbons (Fsp3) is 0.720. The molecule has 6 heteroatoms. The molecule has 1 aliphatic heterocycles. The average molecular weight is 544 g/mol. The molecule has 0 atom stereocenters. The summed E-state index contributed by atoms with van der Waals surface area (Å²) in [6.07, 6.45) is 3.40. The lowest BCUT2D eigenvalue weighted by molar-refractivity contribution is 0.136. The van der Waals surface area contributed by atoms with E-state index in [-0.39, 0.29) is 29.4 Å². The van der Waals surface area contributed by atoms with E-state index >= 15 is 0 Å². The molecule has 1 fully saturated rings. The molecule has 0 unspecified atom stereocenters. The first-order valence-corrected chi connectivity index (χ1v) is 12.0. The quantitative estimate of drug-likeness (QED) is 0.202. The monoisotopic (exact) mass is 543 g/mol. The molecule has 0 radical (unpaired) electrons. The lowest BCUT2D eigenvalue weighted by Crippen LogP contribution is -2.46. The SMILES string of the molecule is CCNC(=NCCCCN1CCN(CC)CC1)NCCc1ccc(C(C)(C)C)cc1.I. The molecule has 0 aromatic heterocycles. The van der Waals surface area contributed by atoms with Gasteiger partial charge in [0.1, 0.15) is 0 Å². The Kier molecular flexibility index (Phi) is 13.7. The topological polar surface area (TPSA) is 42.9 Å². The van der Waals surface area contributed by atoms with Gasteiger partial charge in [0.15, 0.2) is 5.96 Å². The van der Waals surface area contributed by atoms with Crippen LogP contribution in [0.4, 0.5) is 0 Å². The molecule has 0 saturated carbocycles. The highest BCUT2D eigenvalue weighted by Gasteiger charge is 2.14. The Morgan fingerprint density at radius 1 is 0.935 bits per heavy atom. The second kappa shape index (κ2) is 15.1. The second-order valence-corrected chi connectivity index (χ2v) is 9.37. The average Bonchev–Trinajstić information content (AvgIpc) is 2.73. The molecule has 1 aliphatic rings. The van der Waals surface area contributed by atoms with Crippen molar-refractivity contribution in [3.63, 3.8) is 0 Å². The van der Waals surface area contributed by atoms with Gasteiger partial charge in [-0.1, -0.05) is 52.0 Å². The second-order valence-electron chi connectivity index (χ2n) is 9.37. The lowest BCUT2D eigenvalue weighted by atomic mass is 9.86. The van der Waals surface area contributed by atoms with Crippen LogP contribution in [-0.4, -0.2) is 74.7 Å². The molecule has 2 N–H and O–H groups in total. The van der Waals surface area contributed by atoms with Gasteiger partial charge >= 0.3 is 0 Å². The van der Waals surface area contributed by atoms with E-state index in [1.807, 2.05) is 0 Å². The maximum Gasteiger partial charge on any atom is 0.191 e. The third-order valence-corrected chi connectivity index (χ3v) is 5.93. The van der Waals surface area contributed by atoms with Crippen molar-refractivity contribution >= 4 is 29.9 Å². The third kappa shape index (κ3) is 11.0. The van der Waals surface area contributed by atoms with Crippen molar-refractivity contribution in [3.8, 4) is 0 Å². The van der Waals surface area contributed by atoms with Gasteiger partial charge in [-0.15, -0.1) is 24.0 Å². The minimum Gasteiger partial charge on any atom is -0.357 e. The minimum absolute atomic E-state index is 0. The molecule has 1 aromatic carbocycles. The first-order chi connectivity index (χ1) is 14.4. The van der Waals surface area contributed by atoms with Crippen LogP contribution in [0.3, 0.4) is 0 Å². The number of piperazine rings is 1. The number of guanidine groups is 1. The van der Waals surface area contributed by atoms with Crippen LogP contribution in [0, 0.1) is 0 Å². The van der Waals surface area contributed by atoms with E-state index in [2.05, 4.69) is 79.3 Å². The number of aliphatic imine (C=N–C) groups is 1. The summed E-state index contributed by atoms with van der Waals surface area (Å²) in [6.45, 7) is 21.1. The molecule has 2 rings (SSSR count). The van der Waals surface area contributed by atoms with E-state index < -0.39 is 0 Å². The highest BCUT2D eigenvalue weighted by molar-refractivity contribution is 14.0. The van der Waals surface area contributed by atoms with Gasteiger partial charge in [0.05, 0.1) is 0 Å². The molecular weight excluding hydrogens is 497 g/mol. The molecule has 1 heterocycles. The van der Waals surface area contributed by atoms with Gasteiger partial charge in [0.2, 0.25) is 0 Å². The Bertz CT molecular complexity index is 616. The van der Waals surface area contributed by atoms with Crippen LogP contribution < -0.4 is 10.6 Å². The molecule has 178 valence electrons. The summed E-state index contributed by atoms with van der Waals surface area (Å²) in [5.74, 6) is 0.945. The molecule has 0 aliphatic carbocycles. The number of nitrogens with one attached hydrogen (secondary N) is 2. The van der Waals surface area contributed by atoms with Crippen LogP contribution in [0.25, 0.3) is 0 Å². The Labute approximate surface area is 208 Å². The van der Waals surface area contributed by atoms with Gasteiger partial charge in [-0.3, -0.25) is 4.99 Å². The molecule has 0 amide bonds. The number of nitrogens with zero attached hydrogens (tertiary/aromatic N) is 3. The number of rotatable bonds is 10. The van der Waals surface area contributed by atoms with Crippen LogP contribution >= 0.6 is 24.0 Å². The Hall–Kier alpha value is -0.860. The Morgan fingerprint density at radius 3 is 2.16 bits per heavy atom. The van der Waals surface area contributed by atoms with Crippen LogP contribution in [-0.2, 0) is 11.8 Å². The van der Waals surface area contributed by atoms with E-state index in [4.69, 9.17) is 4.99 Å². The summed E-state index contributed by atoms with van der Waals surface area (Å²) in [5, 5.41) is 6.86. The highest BCUT2D eigenvalue weighted by Crippen LogP contribution is 2.22. The Morgan fingerprint density at radius 2 is 1.58 bits per heavy atom. The van der Waals surface area contributed by atoms with Crippen molar-refractivity contribution in [3.05, 3.63) is 35.4 Å². The number of halogens is 1. The summed E-state index contributed by atoms with van der Waals surface area (Å²) in [7, 11) is 0. The van der Waals surface area contributed by atoms with E-state index in [1.165, 1.54) is 56.8 Å². The maximum absolute atomic E-state index is 4.77. The zero-order chi connectivity index (χ0) is 21.8. The Balaban J connectivity index is 0.00000480. The first kappa shape index (κ1) is 28.2. The van der Waals surface area contributed by atoms with E-state index in [1.54, 1.807) is 0 Å². The lowest BCUT2D eigenvalue weighted by Gasteiger charge is -2.33. The van der Waals surface area contributed by atoms with Crippen LogP contribution in [0.15, 0.2) is 29.3 Å². The predicted octanol–water partition coefficient (Wildman–Crippen LogP) is 4.12. The summed E-state index contributed by atoms with van der Waals surface area (Å²) in [4.78, 5) is 9.90. The predicted molar refractivity (Wildman–Crippen MR) is 146 cm³/mol. The van der Waals surface area contributed by atoms with E-state index in [0.717, 1.165) is 38.4 Å². The van der Waals surface area contributed by atoms with Crippen molar-refractivity contribution in [1.82, 2.24) is 20.4 Å². The number of hydrogen-bond acceptors (Lipinski definition) is 3. The van der Waals surface area contributed by atoms with Gasteiger partial charge in [0.25, 0.3) is 0 Å². The number of unbranched alkanes of at least 4 members (excludes halogenated alkanes) is 1. The normalized spacial score (nSPS) is 16.1. The van der Waals surface area contributed by atoms with Crippen LogP contribution in [0.5, 0.6) is 0 Å². The highest BCUT2D eigenvalue weighted by atomic mass is 127. The largest absolute Gasteiger partial charge is 0.357 e. The minimum atomic E-state index is 0. The summed E-state index contributed by atoms with van der Waals surface area (Å²) in [6, 6.07) is 9.03. The molecule has 1 aromatic rings. The molecule has 0 spiro atoms. The van der Waals surface area contributed by atoms with E-state index in [9.17, 15) is 0 Å². The van der Waals surface area contributed by atoms with Crippen molar-refractivity contribution in [2.75, 3.05) is 58.9 Å². The number of benzene rings is 1. The molecule has 5 nitrogen and oxygen atoms in total. The van der Waals surface area contributed by atoms with Crippen molar-refractivity contribution in [2.24, 2.45) is 4.99 Å². The van der Waals surface area contributed by atoms with Crippen molar-refractivity contribution in [2.45, 2.75) is 59.3 Å². The van der Waals surface area contributed by atoms with Crippen molar-refractivity contribution in [1.29, 1.82) is 0 Å². The molecule has 0 bridgehead atoms. The standard InChI is InChI=1S/C25H45N5.HI/c1-6-26-24(27-15-8-9-17-30-20-18-29(7-2)19-21-30)28-16-14-22-10-12-23(13-11-22)25(3,4)5;/h10-13H,6-9,14-21H2,1-5H3,(H2,26,27,28);1H. The zero-order valence-electron chi connectivity index (χ0n) is 20.5. The van der Waals surface area contributed by atoms with Crippen LogP contribution in [0.1, 0.15) is 58.6 Å². The van der Waals surface area contributed by atoms with Gasteiger partial charge in [-0.25, -0.2) is 0 Å². The smallest absolute Gasteiger partial charge is 0.191 e. The maximum atomic E-state index is 4.77. The van der Waals surface area contributed by atoms with Crippen molar-refractivity contribution < 1.29 is 0 Å². The zero-order valence-corrected chi connectivity index (χ0v) is 22.9. The molecule has 31 heavy (non-hydrogen) atoms. The van der Waals surface area contributed by atoms with Gasteiger partial charge in [-0.2, -0.15) is 0 Å². The number of hydrogen-bond donors (Lipinski definition) is 2. The third-order valence-electron chi connectivity index (χ3n) is 5.93. The first-order valence-electron chi connectivity index (χ1n) is 12.0. The fourth-order valence-corrected chi connectivity index (χ4v) is 3.81. The summed E-state index contributed by atoms with van der Waals surface area (Å²) >= 11 is 0. The van der Waals surface area contributed by atoms with Gasteiger partial charge < -0.3 is 20.4 Å². The van der Waals surface area contributed by atoms with Gasteiger partial charge in [0, 0.05) is 45.8 Å². The summed E-state index contributed by atoms with van der Waals surface area (Å²) in [5.41, 5.74) is 2.97. The van der Waals surface area contributed by atoms with Gasteiger partial charge in [-0.05, 0) is 55.8 Å². The van der Waals surface area contributed by atoms with E-state index in [0.29, 0.717) is 0 Å². The summed E-state index contributed by atoms with van der Waals surface area (Å²) < 4.78 is 0.